The van der Waals surface area contributed by atoms with Gasteiger partial charge in [0.2, 0.25) is 0 Å². The maximum Gasteiger partial charge on any atom is 0.176 e. The van der Waals surface area contributed by atoms with Gasteiger partial charge in [-0.25, -0.2) is 0 Å². The van der Waals surface area contributed by atoms with Crippen LogP contribution in [-0.4, -0.2) is 42.5 Å². The summed E-state index contributed by atoms with van der Waals surface area (Å²) in [4.78, 5) is 14.6. The summed E-state index contributed by atoms with van der Waals surface area (Å²) in [6.07, 6.45) is 0.339. The molecule has 1 aliphatic rings. The van der Waals surface area contributed by atoms with E-state index in [1.807, 2.05) is 68.4 Å². The van der Waals surface area contributed by atoms with Crippen LogP contribution in [0.1, 0.15) is 24.2 Å². The number of ether oxygens (including phenoxy) is 2. The normalized spacial score (nSPS) is 21.4. The Morgan fingerprint density at radius 3 is 2.21 bits per heavy atom. The maximum atomic E-state index is 12.5. The minimum atomic E-state index is 0.127. The van der Waals surface area contributed by atoms with Gasteiger partial charge in [-0.3, -0.25) is 9.69 Å². The van der Waals surface area contributed by atoms with E-state index in [0.717, 1.165) is 24.6 Å². The van der Waals surface area contributed by atoms with Gasteiger partial charge in [0.25, 0.3) is 0 Å². The lowest BCUT2D eigenvalue weighted by Crippen LogP contribution is -2.47. The standard InChI is InChI=1S/C20H23NO3/c1-15-12-21(13-16(2)23-15)14-20(22)17-8-10-19(11-9-17)24-18-6-4-3-5-7-18/h3-11,15-16H,12-14H2,1-2H3. The SMILES string of the molecule is CC1CN(CC(=O)c2ccc(Oc3ccccc3)cc2)CC(C)O1. The number of hydrogen-bond acceptors (Lipinski definition) is 4. The van der Waals surface area contributed by atoms with Gasteiger partial charge in [0.05, 0.1) is 18.8 Å². The van der Waals surface area contributed by atoms with Crippen LogP contribution in [0, 0.1) is 0 Å². The van der Waals surface area contributed by atoms with Gasteiger partial charge in [-0.2, -0.15) is 0 Å². The molecule has 0 N–H and O–H groups in total. The van der Waals surface area contributed by atoms with E-state index in [9.17, 15) is 4.79 Å². The Kier molecular flexibility index (Phi) is 5.28. The monoisotopic (exact) mass is 325 g/mol. The summed E-state index contributed by atoms with van der Waals surface area (Å²) in [7, 11) is 0. The van der Waals surface area contributed by atoms with Crippen LogP contribution in [0.5, 0.6) is 11.5 Å². The lowest BCUT2D eigenvalue weighted by Gasteiger charge is -2.34. The number of benzene rings is 2. The Labute approximate surface area is 143 Å². The van der Waals surface area contributed by atoms with E-state index in [1.54, 1.807) is 0 Å². The van der Waals surface area contributed by atoms with Gasteiger partial charge < -0.3 is 9.47 Å². The first-order valence-corrected chi connectivity index (χ1v) is 8.34. The van der Waals surface area contributed by atoms with Crippen LogP contribution < -0.4 is 4.74 Å². The molecular formula is C20H23NO3. The fourth-order valence-corrected chi connectivity index (χ4v) is 3.04. The molecule has 0 bridgehead atoms. The van der Waals surface area contributed by atoms with E-state index in [1.165, 1.54) is 0 Å². The van der Waals surface area contributed by atoms with Crippen LogP contribution in [0.25, 0.3) is 0 Å². The summed E-state index contributed by atoms with van der Waals surface area (Å²) in [5, 5.41) is 0. The van der Waals surface area contributed by atoms with E-state index in [2.05, 4.69) is 4.90 Å². The Morgan fingerprint density at radius 2 is 1.58 bits per heavy atom. The molecule has 0 aromatic heterocycles. The molecule has 1 aliphatic heterocycles. The maximum absolute atomic E-state index is 12.5. The van der Waals surface area contributed by atoms with Gasteiger partial charge in [0, 0.05) is 18.7 Å². The van der Waals surface area contributed by atoms with Gasteiger partial charge in [-0.15, -0.1) is 0 Å². The van der Waals surface area contributed by atoms with Gasteiger partial charge in [0.1, 0.15) is 11.5 Å². The molecule has 0 saturated carbocycles. The highest BCUT2D eigenvalue weighted by Gasteiger charge is 2.24. The summed E-state index contributed by atoms with van der Waals surface area (Å²) >= 11 is 0. The minimum Gasteiger partial charge on any atom is -0.457 e. The molecule has 0 radical (unpaired) electrons. The van der Waals surface area contributed by atoms with Crippen molar-refractivity contribution in [2.24, 2.45) is 0 Å². The first kappa shape index (κ1) is 16.7. The number of para-hydroxylation sites is 1. The summed E-state index contributed by atoms with van der Waals surface area (Å²) in [6.45, 7) is 6.11. The van der Waals surface area contributed by atoms with Crippen molar-refractivity contribution in [1.29, 1.82) is 0 Å². The largest absolute Gasteiger partial charge is 0.457 e. The van der Waals surface area contributed by atoms with E-state index < -0.39 is 0 Å². The smallest absolute Gasteiger partial charge is 0.176 e. The number of ketones is 1. The zero-order valence-corrected chi connectivity index (χ0v) is 14.1. The molecule has 0 amide bonds. The lowest BCUT2D eigenvalue weighted by molar-refractivity contribution is -0.0652. The Balaban J connectivity index is 1.59. The molecule has 0 spiro atoms. The molecule has 4 nitrogen and oxygen atoms in total. The van der Waals surface area contributed by atoms with Crippen molar-refractivity contribution in [2.75, 3.05) is 19.6 Å². The lowest BCUT2D eigenvalue weighted by atomic mass is 10.1. The second-order valence-electron chi connectivity index (χ2n) is 6.31. The van der Waals surface area contributed by atoms with Gasteiger partial charge in [0.15, 0.2) is 5.78 Å². The number of carbonyl (C=O) groups excluding carboxylic acids is 1. The third-order valence-electron chi connectivity index (χ3n) is 4.02. The summed E-state index contributed by atoms with van der Waals surface area (Å²) in [5.41, 5.74) is 0.710. The second kappa shape index (κ2) is 7.60. The van der Waals surface area contributed by atoms with Crippen LogP contribution in [0.15, 0.2) is 54.6 Å². The van der Waals surface area contributed by atoms with Crippen molar-refractivity contribution in [2.45, 2.75) is 26.1 Å². The van der Waals surface area contributed by atoms with Gasteiger partial charge in [-0.05, 0) is 50.2 Å². The molecule has 126 valence electrons. The summed E-state index contributed by atoms with van der Waals surface area (Å²) in [5.74, 6) is 1.64. The molecule has 1 saturated heterocycles. The predicted molar refractivity (Wildman–Crippen MR) is 93.7 cm³/mol. The fourth-order valence-electron chi connectivity index (χ4n) is 3.04. The molecule has 2 atom stereocenters. The molecule has 1 heterocycles. The average Bonchev–Trinajstić information content (AvgIpc) is 2.55. The third kappa shape index (κ3) is 4.43. The van der Waals surface area contributed by atoms with Crippen LogP contribution in [0.3, 0.4) is 0 Å². The number of nitrogens with zero attached hydrogens (tertiary/aromatic N) is 1. The van der Waals surface area contributed by atoms with Crippen molar-refractivity contribution in [3.05, 3.63) is 60.2 Å². The molecule has 2 unspecified atom stereocenters. The zero-order chi connectivity index (χ0) is 16.9. The first-order valence-electron chi connectivity index (χ1n) is 8.34. The second-order valence-corrected chi connectivity index (χ2v) is 6.31. The zero-order valence-electron chi connectivity index (χ0n) is 14.1. The van der Waals surface area contributed by atoms with E-state index in [4.69, 9.17) is 9.47 Å². The molecule has 2 aromatic rings. The van der Waals surface area contributed by atoms with Crippen LogP contribution in [0.4, 0.5) is 0 Å². The minimum absolute atomic E-state index is 0.127. The molecule has 4 heteroatoms. The molecule has 3 rings (SSSR count). The Hall–Kier alpha value is -2.17. The van der Waals surface area contributed by atoms with Crippen molar-refractivity contribution in [1.82, 2.24) is 4.90 Å². The number of morpholine rings is 1. The first-order chi connectivity index (χ1) is 11.6. The quantitative estimate of drug-likeness (QED) is 0.785. The highest BCUT2D eigenvalue weighted by molar-refractivity contribution is 5.97. The average molecular weight is 325 g/mol. The highest BCUT2D eigenvalue weighted by Crippen LogP contribution is 2.21. The highest BCUT2D eigenvalue weighted by atomic mass is 16.5. The van der Waals surface area contributed by atoms with Crippen molar-refractivity contribution < 1.29 is 14.3 Å². The van der Waals surface area contributed by atoms with E-state index in [-0.39, 0.29) is 18.0 Å². The number of hydrogen-bond donors (Lipinski definition) is 0. The summed E-state index contributed by atoms with van der Waals surface area (Å²) in [6, 6.07) is 16.9. The number of carbonyl (C=O) groups is 1. The number of Topliss-reactive ketones (excluding diaryl/α,β-unsaturated/α-hetero) is 1. The third-order valence-corrected chi connectivity index (χ3v) is 4.02. The molecule has 0 aliphatic carbocycles. The van der Waals surface area contributed by atoms with E-state index in [0.29, 0.717) is 12.1 Å². The van der Waals surface area contributed by atoms with Crippen molar-refractivity contribution >= 4 is 5.78 Å². The fraction of sp³-hybridized carbons (Fsp3) is 0.350. The Morgan fingerprint density at radius 1 is 1.00 bits per heavy atom. The van der Waals surface area contributed by atoms with Crippen LogP contribution in [0.2, 0.25) is 0 Å². The van der Waals surface area contributed by atoms with Gasteiger partial charge >= 0.3 is 0 Å². The van der Waals surface area contributed by atoms with E-state index >= 15 is 0 Å². The van der Waals surface area contributed by atoms with Crippen LogP contribution in [-0.2, 0) is 4.74 Å². The topological polar surface area (TPSA) is 38.8 Å². The predicted octanol–water partition coefficient (Wildman–Crippen LogP) is 3.77. The molecule has 24 heavy (non-hydrogen) atoms. The molecular weight excluding hydrogens is 302 g/mol. The molecule has 2 aromatic carbocycles. The van der Waals surface area contributed by atoms with Crippen LogP contribution >= 0.6 is 0 Å². The Bertz CT molecular complexity index is 659. The molecule has 1 fully saturated rings. The van der Waals surface area contributed by atoms with Crippen molar-refractivity contribution in [3.8, 4) is 11.5 Å². The van der Waals surface area contributed by atoms with Gasteiger partial charge in [-0.1, -0.05) is 18.2 Å². The van der Waals surface area contributed by atoms with Crippen molar-refractivity contribution in [3.63, 3.8) is 0 Å². The number of rotatable bonds is 5. The summed E-state index contributed by atoms with van der Waals surface area (Å²) < 4.78 is 11.5.